The summed E-state index contributed by atoms with van der Waals surface area (Å²) in [5.74, 6) is 0. The molecule has 0 aliphatic carbocycles. The third-order valence-corrected chi connectivity index (χ3v) is 2.08. The summed E-state index contributed by atoms with van der Waals surface area (Å²) in [7, 11) is 0. The maximum Gasteiger partial charge on any atom is 0.137 e. The van der Waals surface area contributed by atoms with Crippen LogP contribution in [-0.4, -0.2) is 9.97 Å². The predicted molar refractivity (Wildman–Crippen MR) is 44.3 cm³/mol. The molecule has 3 heterocycles. The average molecular weight is 158 g/mol. The Morgan fingerprint density at radius 3 is 3.42 bits per heavy atom. The molecule has 0 fully saturated rings. The highest BCUT2D eigenvalue weighted by Gasteiger charge is 2.12. The molecule has 0 saturated heterocycles. The Hall–Kier alpha value is -1.71. The lowest BCUT2D eigenvalue weighted by molar-refractivity contribution is 1.05. The molecule has 58 valence electrons. The van der Waals surface area contributed by atoms with E-state index in [9.17, 15) is 0 Å². The molecule has 12 heavy (non-hydrogen) atoms. The average Bonchev–Trinajstić information content (AvgIpc) is 2.71. The molecule has 2 aromatic heterocycles. The van der Waals surface area contributed by atoms with Crippen LogP contribution in [0.3, 0.4) is 0 Å². The Labute approximate surface area is 68.3 Å². The lowest BCUT2D eigenvalue weighted by Crippen LogP contribution is -1.81. The molecule has 1 N–H and O–H groups in total. The zero-order chi connectivity index (χ0) is 7.97. The van der Waals surface area contributed by atoms with Crippen molar-refractivity contribution >= 4 is 16.7 Å². The van der Waals surface area contributed by atoms with Crippen molar-refractivity contribution in [1.82, 2.24) is 9.97 Å². The molecule has 3 rings (SSSR count). The van der Waals surface area contributed by atoms with Gasteiger partial charge in [0.15, 0.2) is 0 Å². The number of H-pyrrole nitrogens is 1. The van der Waals surface area contributed by atoms with E-state index in [2.05, 4.69) is 20.2 Å². The smallest absolute Gasteiger partial charge is 0.137 e. The molecule has 4 nitrogen and oxygen atoms in total. The standard InChI is InChI=1S/C8H6N4/c1-2-9-8-5(1)6-3-11-12-7(6)4-10-8/h1-2,4H,3H2,(H,9,10). The molecule has 4 heteroatoms. The number of aromatic amines is 1. The van der Waals surface area contributed by atoms with E-state index in [0.717, 1.165) is 16.7 Å². The third-order valence-electron chi connectivity index (χ3n) is 2.08. The summed E-state index contributed by atoms with van der Waals surface area (Å²) in [5, 5.41) is 9.07. The second-order valence-corrected chi connectivity index (χ2v) is 2.76. The molecule has 0 aromatic carbocycles. The number of nitrogens with one attached hydrogen (secondary N) is 1. The van der Waals surface area contributed by atoms with Crippen LogP contribution in [0.25, 0.3) is 11.0 Å². The van der Waals surface area contributed by atoms with Crippen LogP contribution in [0.2, 0.25) is 0 Å². The zero-order valence-electron chi connectivity index (χ0n) is 6.28. The summed E-state index contributed by atoms with van der Waals surface area (Å²) in [6.45, 7) is 0.687. The fourth-order valence-electron chi connectivity index (χ4n) is 1.49. The topological polar surface area (TPSA) is 53.4 Å². The van der Waals surface area contributed by atoms with E-state index in [1.165, 1.54) is 5.56 Å². The molecule has 0 unspecified atom stereocenters. The van der Waals surface area contributed by atoms with E-state index in [-0.39, 0.29) is 0 Å². The number of rotatable bonds is 0. The fourth-order valence-corrected chi connectivity index (χ4v) is 1.49. The molecule has 0 radical (unpaired) electrons. The highest BCUT2D eigenvalue weighted by Crippen LogP contribution is 2.31. The van der Waals surface area contributed by atoms with Gasteiger partial charge in [-0.05, 0) is 6.07 Å². The first-order valence-electron chi connectivity index (χ1n) is 3.77. The first-order valence-corrected chi connectivity index (χ1v) is 3.77. The van der Waals surface area contributed by atoms with E-state index in [0.29, 0.717) is 6.54 Å². The molecule has 0 saturated carbocycles. The van der Waals surface area contributed by atoms with Gasteiger partial charge in [-0.2, -0.15) is 10.2 Å². The summed E-state index contributed by atoms with van der Waals surface area (Å²) in [5.41, 5.74) is 3.00. The maximum absolute atomic E-state index is 4.20. The van der Waals surface area contributed by atoms with Crippen LogP contribution in [0.1, 0.15) is 5.56 Å². The minimum atomic E-state index is 0.687. The van der Waals surface area contributed by atoms with Gasteiger partial charge in [0.25, 0.3) is 0 Å². The fraction of sp³-hybridized carbons (Fsp3) is 0.125. The molecular formula is C8H6N4. The zero-order valence-corrected chi connectivity index (χ0v) is 6.28. The largest absolute Gasteiger partial charge is 0.346 e. The van der Waals surface area contributed by atoms with Gasteiger partial charge in [-0.15, -0.1) is 0 Å². The van der Waals surface area contributed by atoms with Crippen LogP contribution in [0, 0.1) is 0 Å². The Bertz CT molecular complexity index is 469. The van der Waals surface area contributed by atoms with Crippen LogP contribution in [0.15, 0.2) is 28.7 Å². The quantitative estimate of drug-likeness (QED) is 0.627. The Balaban J connectivity index is 2.49. The summed E-state index contributed by atoms with van der Waals surface area (Å²) >= 11 is 0. The monoisotopic (exact) mass is 158 g/mol. The van der Waals surface area contributed by atoms with Crippen LogP contribution in [-0.2, 0) is 6.54 Å². The van der Waals surface area contributed by atoms with Crippen molar-refractivity contribution in [2.24, 2.45) is 10.2 Å². The van der Waals surface area contributed by atoms with Gasteiger partial charge in [-0.3, -0.25) is 0 Å². The Morgan fingerprint density at radius 2 is 2.42 bits per heavy atom. The van der Waals surface area contributed by atoms with Crippen LogP contribution >= 0.6 is 0 Å². The Morgan fingerprint density at radius 1 is 1.42 bits per heavy atom. The van der Waals surface area contributed by atoms with Crippen molar-refractivity contribution in [1.29, 1.82) is 0 Å². The molecule has 0 spiro atoms. The number of aromatic nitrogens is 2. The number of fused-ring (bicyclic) bond motifs is 3. The lowest BCUT2D eigenvalue weighted by Gasteiger charge is -1.95. The lowest BCUT2D eigenvalue weighted by atomic mass is 10.2. The van der Waals surface area contributed by atoms with Crippen LogP contribution in [0.4, 0.5) is 5.69 Å². The van der Waals surface area contributed by atoms with E-state index in [1.807, 2.05) is 12.3 Å². The van der Waals surface area contributed by atoms with Gasteiger partial charge in [-0.1, -0.05) is 0 Å². The SMILES string of the molecule is c1cc2c3c(cnc2[nH]1)N=NC3. The second-order valence-electron chi connectivity index (χ2n) is 2.76. The number of pyridine rings is 1. The third kappa shape index (κ3) is 0.592. The number of azo groups is 1. The number of hydrogen-bond donors (Lipinski definition) is 1. The van der Waals surface area contributed by atoms with Gasteiger partial charge in [0, 0.05) is 17.1 Å². The van der Waals surface area contributed by atoms with Gasteiger partial charge in [0.05, 0.1) is 12.7 Å². The summed E-state index contributed by atoms with van der Waals surface area (Å²) in [4.78, 5) is 7.26. The number of hydrogen-bond acceptors (Lipinski definition) is 3. The number of nitrogens with zero attached hydrogens (tertiary/aromatic N) is 3. The van der Waals surface area contributed by atoms with Gasteiger partial charge in [-0.25, -0.2) is 4.98 Å². The van der Waals surface area contributed by atoms with E-state index in [4.69, 9.17) is 0 Å². The normalized spacial score (nSPS) is 14.0. The summed E-state index contributed by atoms with van der Waals surface area (Å²) < 4.78 is 0. The van der Waals surface area contributed by atoms with Crippen molar-refractivity contribution in [3.8, 4) is 0 Å². The van der Waals surface area contributed by atoms with Crippen molar-refractivity contribution in [3.63, 3.8) is 0 Å². The molecule has 0 atom stereocenters. The second kappa shape index (κ2) is 1.91. The molecule has 1 aliphatic heterocycles. The molecule has 0 amide bonds. The van der Waals surface area contributed by atoms with Crippen molar-refractivity contribution in [2.75, 3.05) is 0 Å². The van der Waals surface area contributed by atoms with Crippen molar-refractivity contribution < 1.29 is 0 Å². The molecular weight excluding hydrogens is 152 g/mol. The highest BCUT2D eigenvalue weighted by atomic mass is 15.1. The van der Waals surface area contributed by atoms with Gasteiger partial charge < -0.3 is 4.98 Å². The van der Waals surface area contributed by atoms with Crippen molar-refractivity contribution in [3.05, 3.63) is 24.0 Å². The van der Waals surface area contributed by atoms with Gasteiger partial charge >= 0.3 is 0 Å². The summed E-state index contributed by atoms with van der Waals surface area (Å²) in [6, 6.07) is 2.01. The van der Waals surface area contributed by atoms with E-state index < -0.39 is 0 Å². The molecule has 2 aromatic rings. The minimum absolute atomic E-state index is 0.687. The van der Waals surface area contributed by atoms with Crippen LogP contribution < -0.4 is 0 Å². The first kappa shape index (κ1) is 5.88. The van der Waals surface area contributed by atoms with Crippen LogP contribution in [0.5, 0.6) is 0 Å². The molecule has 1 aliphatic rings. The van der Waals surface area contributed by atoms with Gasteiger partial charge in [0.1, 0.15) is 11.3 Å². The molecule has 0 bridgehead atoms. The van der Waals surface area contributed by atoms with E-state index in [1.54, 1.807) is 6.20 Å². The Kier molecular flexibility index (Phi) is 0.935. The van der Waals surface area contributed by atoms with Crippen molar-refractivity contribution in [2.45, 2.75) is 6.54 Å². The maximum atomic E-state index is 4.20. The minimum Gasteiger partial charge on any atom is -0.346 e. The summed E-state index contributed by atoms with van der Waals surface area (Å²) in [6.07, 6.45) is 3.64. The predicted octanol–water partition coefficient (Wildman–Crippen LogP) is 2.16. The van der Waals surface area contributed by atoms with Gasteiger partial charge in [0.2, 0.25) is 0 Å². The first-order chi connectivity index (χ1) is 5.95. The van der Waals surface area contributed by atoms with E-state index >= 15 is 0 Å². The highest BCUT2D eigenvalue weighted by molar-refractivity contribution is 5.83.